The molecule has 1 aromatic carbocycles. The van der Waals surface area contributed by atoms with Gasteiger partial charge in [0.15, 0.2) is 0 Å². The summed E-state index contributed by atoms with van der Waals surface area (Å²) >= 11 is 0. The first-order chi connectivity index (χ1) is 10.9. The van der Waals surface area contributed by atoms with Crippen LogP contribution in [0.25, 0.3) is 21.9 Å². The molecule has 0 fully saturated rings. The van der Waals surface area contributed by atoms with Crippen molar-refractivity contribution in [2.75, 3.05) is 6.61 Å². The van der Waals surface area contributed by atoms with Crippen molar-refractivity contribution < 1.29 is 9.84 Å². The van der Waals surface area contributed by atoms with E-state index >= 15 is 0 Å². The van der Waals surface area contributed by atoms with E-state index in [2.05, 4.69) is 9.97 Å². The molecule has 2 unspecified atom stereocenters. The van der Waals surface area contributed by atoms with Gasteiger partial charge in [-0.25, -0.2) is 4.98 Å². The SMILES string of the molecule is CCOC(C)C(n1cnc2cnc3ccccc3c21)C(C)(C)O. The lowest BCUT2D eigenvalue weighted by Gasteiger charge is -2.35. The number of aliphatic hydroxyl groups is 1. The van der Waals surface area contributed by atoms with E-state index in [4.69, 9.17) is 4.74 Å². The lowest BCUT2D eigenvalue weighted by atomic mass is 9.93. The second-order valence-electron chi connectivity index (χ2n) is 6.42. The van der Waals surface area contributed by atoms with E-state index in [0.29, 0.717) is 6.61 Å². The Morgan fingerprint density at radius 2 is 1.96 bits per heavy atom. The molecule has 0 spiro atoms. The number of imidazole rings is 1. The number of pyridine rings is 1. The van der Waals surface area contributed by atoms with Gasteiger partial charge in [-0.15, -0.1) is 0 Å². The Hall–Kier alpha value is -1.98. The van der Waals surface area contributed by atoms with Gasteiger partial charge in [-0.05, 0) is 33.8 Å². The molecule has 5 heteroatoms. The van der Waals surface area contributed by atoms with Crippen molar-refractivity contribution in [1.82, 2.24) is 14.5 Å². The maximum absolute atomic E-state index is 10.7. The fourth-order valence-corrected chi connectivity index (χ4v) is 3.37. The molecule has 0 saturated heterocycles. The quantitative estimate of drug-likeness (QED) is 0.785. The highest BCUT2D eigenvalue weighted by Gasteiger charge is 2.35. The molecule has 5 nitrogen and oxygen atoms in total. The first-order valence-corrected chi connectivity index (χ1v) is 7.97. The van der Waals surface area contributed by atoms with E-state index in [0.717, 1.165) is 21.9 Å². The number of benzene rings is 1. The minimum atomic E-state index is -0.952. The first-order valence-electron chi connectivity index (χ1n) is 7.97. The third kappa shape index (κ3) is 2.82. The van der Waals surface area contributed by atoms with E-state index in [-0.39, 0.29) is 12.1 Å². The molecule has 0 aliphatic rings. The number of hydrogen-bond acceptors (Lipinski definition) is 4. The Morgan fingerprint density at radius 3 is 2.65 bits per heavy atom. The summed E-state index contributed by atoms with van der Waals surface area (Å²) in [5, 5.41) is 11.8. The summed E-state index contributed by atoms with van der Waals surface area (Å²) < 4.78 is 7.82. The zero-order valence-corrected chi connectivity index (χ0v) is 14.0. The van der Waals surface area contributed by atoms with Crippen LogP contribution in [0.2, 0.25) is 0 Å². The van der Waals surface area contributed by atoms with Crippen LogP contribution in [0.5, 0.6) is 0 Å². The highest BCUT2D eigenvalue weighted by Crippen LogP contribution is 2.33. The van der Waals surface area contributed by atoms with Crippen molar-refractivity contribution in [3.63, 3.8) is 0 Å². The van der Waals surface area contributed by atoms with Crippen LogP contribution in [0, 0.1) is 0 Å². The average molecular weight is 313 g/mol. The Labute approximate surface area is 135 Å². The fourth-order valence-electron chi connectivity index (χ4n) is 3.37. The van der Waals surface area contributed by atoms with E-state index in [1.54, 1.807) is 12.5 Å². The number of ether oxygens (including phenoxy) is 1. The third-order valence-corrected chi connectivity index (χ3v) is 4.20. The molecule has 1 N–H and O–H groups in total. The van der Waals surface area contributed by atoms with Gasteiger partial charge in [0, 0.05) is 12.0 Å². The monoisotopic (exact) mass is 313 g/mol. The van der Waals surface area contributed by atoms with Crippen molar-refractivity contribution in [3.05, 3.63) is 36.8 Å². The van der Waals surface area contributed by atoms with Gasteiger partial charge >= 0.3 is 0 Å². The van der Waals surface area contributed by atoms with Crippen LogP contribution in [0.3, 0.4) is 0 Å². The van der Waals surface area contributed by atoms with Crippen LogP contribution in [0.15, 0.2) is 36.8 Å². The zero-order chi connectivity index (χ0) is 16.6. The van der Waals surface area contributed by atoms with E-state index in [9.17, 15) is 5.11 Å². The maximum Gasteiger partial charge on any atom is 0.107 e. The molecule has 0 radical (unpaired) electrons. The predicted molar refractivity (Wildman–Crippen MR) is 91.5 cm³/mol. The second kappa shape index (κ2) is 5.91. The van der Waals surface area contributed by atoms with Crippen LogP contribution in [0.1, 0.15) is 33.7 Å². The van der Waals surface area contributed by atoms with Crippen molar-refractivity contribution in [2.24, 2.45) is 0 Å². The highest BCUT2D eigenvalue weighted by molar-refractivity contribution is 6.02. The van der Waals surface area contributed by atoms with E-state index < -0.39 is 5.60 Å². The van der Waals surface area contributed by atoms with Gasteiger partial charge in [0.2, 0.25) is 0 Å². The van der Waals surface area contributed by atoms with Crippen molar-refractivity contribution in [3.8, 4) is 0 Å². The Morgan fingerprint density at radius 1 is 1.22 bits per heavy atom. The van der Waals surface area contributed by atoms with Gasteiger partial charge in [0.05, 0.1) is 41.3 Å². The molecule has 2 aromatic heterocycles. The summed E-state index contributed by atoms with van der Waals surface area (Å²) in [6.07, 6.45) is 3.40. The molecule has 0 aliphatic carbocycles. The van der Waals surface area contributed by atoms with Crippen molar-refractivity contribution in [1.29, 1.82) is 0 Å². The molecule has 3 rings (SSSR count). The average Bonchev–Trinajstić information content (AvgIpc) is 2.90. The van der Waals surface area contributed by atoms with Crippen LogP contribution in [-0.4, -0.2) is 38.0 Å². The molecule has 2 heterocycles. The number of aromatic nitrogens is 3. The number of fused-ring (bicyclic) bond motifs is 3. The molecule has 3 aromatic rings. The number of para-hydroxylation sites is 1. The Bertz CT molecular complexity index is 820. The van der Waals surface area contributed by atoms with Crippen molar-refractivity contribution in [2.45, 2.75) is 45.4 Å². The van der Waals surface area contributed by atoms with Gasteiger partial charge in [0.25, 0.3) is 0 Å². The largest absolute Gasteiger partial charge is 0.388 e. The topological polar surface area (TPSA) is 60.2 Å². The lowest BCUT2D eigenvalue weighted by molar-refractivity contribution is -0.0573. The lowest BCUT2D eigenvalue weighted by Crippen LogP contribution is -2.41. The minimum Gasteiger partial charge on any atom is -0.388 e. The Balaban J connectivity index is 2.26. The van der Waals surface area contributed by atoms with E-state index in [1.807, 2.05) is 56.5 Å². The fraction of sp³-hybridized carbons (Fsp3) is 0.444. The molecule has 2 atom stereocenters. The summed E-state index contributed by atoms with van der Waals surface area (Å²) in [6, 6.07) is 7.73. The summed E-state index contributed by atoms with van der Waals surface area (Å²) in [7, 11) is 0. The molecular formula is C18H23N3O2. The predicted octanol–water partition coefficient (Wildman–Crippen LogP) is 3.32. The minimum absolute atomic E-state index is 0.149. The summed E-state index contributed by atoms with van der Waals surface area (Å²) in [5.74, 6) is 0. The van der Waals surface area contributed by atoms with Crippen LogP contribution in [0.4, 0.5) is 0 Å². The first kappa shape index (κ1) is 15.9. The smallest absolute Gasteiger partial charge is 0.107 e. The standard InChI is InChI=1S/C18H23N3O2/c1-5-23-12(2)17(18(3,4)22)21-11-20-15-10-19-14-9-7-6-8-13(14)16(15)21/h6-12,17,22H,5H2,1-4H3. The van der Waals surface area contributed by atoms with Gasteiger partial charge in [-0.2, -0.15) is 0 Å². The number of nitrogens with zero attached hydrogens (tertiary/aromatic N) is 3. The molecule has 0 bridgehead atoms. The maximum atomic E-state index is 10.7. The van der Waals surface area contributed by atoms with E-state index in [1.165, 1.54) is 0 Å². The van der Waals surface area contributed by atoms with Gasteiger partial charge < -0.3 is 14.4 Å². The Kier molecular flexibility index (Phi) is 4.08. The molecule has 122 valence electrons. The van der Waals surface area contributed by atoms with Gasteiger partial charge in [-0.1, -0.05) is 18.2 Å². The summed E-state index contributed by atoms with van der Waals surface area (Å²) in [4.78, 5) is 8.94. The highest BCUT2D eigenvalue weighted by atomic mass is 16.5. The molecule has 23 heavy (non-hydrogen) atoms. The summed E-state index contributed by atoms with van der Waals surface area (Å²) in [6.45, 7) is 8.16. The zero-order valence-electron chi connectivity index (χ0n) is 14.0. The van der Waals surface area contributed by atoms with Crippen molar-refractivity contribution >= 4 is 21.9 Å². The molecule has 0 amide bonds. The van der Waals surface area contributed by atoms with Crippen LogP contribution in [-0.2, 0) is 4.74 Å². The normalized spacial score (nSPS) is 15.2. The molecule has 0 aliphatic heterocycles. The second-order valence-corrected chi connectivity index (χ2v) is 6.42. The van der Waals surface area contributed by atoms with Crippen LogP contribution >= 0.6 is 0 Å². The van der Waals surface area contributed by atoms with Gasteiger partial charge in [0.1, 0.15) is 5.52 Å². The number of rotatable bonds is 5. The van der Waals surface area contributed by atoms with Crippen LogP contribution < -0.4 is 0 Å². The third-order valence-electron chi connectivity index (χ3n) is 4.20. The number of hydrogen-bond donors (Lipinski definition) is 1. The molecular weight excluding hydrogens is 290 g/mol. The molecule has 0 saturated carbocycles. The summed E-state index contributed by atoms with van der Waals surface area (Å²) in [5.41, 5.74) is 1.77. The van der Waals surface area contributed by atoms with Gasteiger partial charge in [-0.3, -0.25) is 4.98 Å².